The maximum absolute atomic E-state index is 11.9. The Morgan fingerprint density at radius 3 is 2.16 bits per heavy atom. The molecular weight excluding hydrogens is 262 g/mol. The number of carboxylic acid groups (broad SMARTS) is 1. The van der Waals surface area contributed by atoms with E-state index in [1.54, 1.807) is 23.9 Å². The number of hydrogen-bond donors (Lipinski definition) is 2. The van der Waals surface area contributed by atoms with E-state index in [0.29, 0.717) is 10.8 Å². The summed E-state index contributed by atoms with van der Waals surface area (Å²) in [5.74, 6) is -1.44. The lowest BCUT2D eigenvalue weighted by Gasteiger charge is -2.21. The van der Waals surface area contributed by atoms with Gasteiger partial charge < -0.3 is 10.4 Å². The first-order valence-electron chi connectivity index (χ1n) is 6.05. The van der Waals surface area contributed by atoms with Gasteiger partial charge >= 0.3 is 5.97 Å². The zero-order valence-corrected chi connectivity index (χ0v) is 12.4. The van der Waals surface area contributed by atoms with Crippen LogP contribution in [0.5, 0.6) is 0 Å². The van der Waals surface area contributed by atoms with Gasteiger partial charge in [0.15, 0.2) is 0 Å². The Hall–Kier alpha value is -1.49. The summed E-state index contributed by atoms with van der Waals surface area (Å²) < 4.78 is 0. The van der Waals surface area contributed by atoms with Crippen LogP contribution in [-0.2, 0) is 4.79 Å². The van der Waals surface area contributed by atoms with Crippen LogP contribution in [0.1, 0.15) is 38.1 Å². The molecule has 4 nitrogen and oxygen atoms in total. The fraction of sp³-hybridized carbons (Fsp3) is 0.429. The molecule has 1 amide bonds. The highest BCUT2D eigenvalue weighted by molar-refractivity contribution is 7.99. The number of amides is 1. The Morgan fingerprint density at radius 1 is 1.21 bits per heavy atom. The van der Waals surface area contributed by atoms with Gasteiger partial charge in [0.2, 0.25) is 0 Å². The summed E-state index contributed by atoms with van der Waals surface area (Å²) >= 11 is 1.71. The predicted molar refractivity (Wildman–Crippen MR) is 76.6 cm³/mol. The van der Waals surface area contributed by atoms with Crippen molar-refractivity contribution in [2.24, 2.45) is 0 Å². The third-order valence-corrected chi connectivity index (χ3v) is 3.46. The normalized spacial score (nSPS) is 11.4. The molecule has 0 unspecified atom stereocenters. The zero-order chi connectivity index (χ0) is 14.6. The van der Waals surface area contributed by atoms with E-state index in [1.165, 1.54) is 13.8 Å². The summed E-state index contributed by atoms with van der Waals surface area (Å²) in [6.07, 6.45) is 0. The molecule has 104 valence electrons. The largest absolute Gasteiger partial charge is 0.480 e. The molecular formula is C14H19NO3S. The van der Waals surface area contributed by atoms with Crippen LogP contribution in [0.3, 0.4) is 0 Å². The Labute approximate surface area is 117 Å². The van der Waals surface area contributed by atoms with Crippen LogP contribution in [0.15, 0.2) is 29.2 Å². The Kier molecular flexibility index (Phi) is 5.00. The highest BCUT2D eigenvalue weighted by Gasteiger charge is 2.29. The minimum Gasteiger partial charge on any atom is -0.480 e. The monoisotopic (exact) mass is 281 g/mol. The zero-order valence-electron chi connectivity index (χ0n) is 11.6. The first-order valence-corrected chi connectivity index (χ1v) is 6.93. The molecule has 0 heterocycles. The van der Waals surface area contributed by atoms with Crippen molar-refractivity contribution in [3.05, 3.63) is 29.8 Å². The van der Waals surface area contributed by atoms with Gasteiger partial charge in [-0.3, -0.25) is 4.79 Å². The molecule has 19 heavy (non-hydrogen) atoms. The van der Waals surface area contributed by atoms with Crippen molar-refractivity contribution in [1.29, 1.82) is 0 Å². The first-order chi connectivity index (χ1) is 8.72. The Bertz CT molecular complexity index is 466. The number of carbonyl (C=O) groups excluding carboxylic acids is 1. The van der Waals surface area contributed by atoms with E-state index >= 15 is 0 Å². The molecule has 1 aromatic rings. The number of carboxylic acids is 1. The fourth-order valence-electron chi connectivity index (χ4n) is 1.37. The van der Waals surface area contributed by atoms with Gasteiger partial charge in [-0.05, 0) is 38.1 Å². The molecule has 5 heteroatoms. The van der Waals surface area contributed by atoms with Crippen LogP contribution in [0.4, 0.5) is 0 Å². The van der Waals surface area contributed by atoms with Crippen LogP contribution >= 0.6 is 11.8 Å². The highest BCUT2D eigenvalue weighted by atomic mass is 32.2. The molecule has 0 spiro atoms. The number of rotatable bonds is 5. The number of aliphatic carboxylic acids is 1. The third-order valence-electron chi connectivity index (χ3n) is 2.45. The average molecular weight is 281 g/mol. The van der Waals surface area contributed by atoms with Crippen molar-refractivity contribution in [3.8, 4) is 0 Å². The summed E-state index contributed by atoms with van der Waals surface area (Å²) in [6, 6.07) is 7.15. The lowest BCUT2D eigenvalue weighted by Crippen LogP contribution is -2.49. The summed E-state index contributed by atoms with van der Waals surface area (Å²) in [4.78, 5) is 23.9. The molecule has 2 N–H and O–H groups in total. The molecule has 0 fully saturated rings. The van der Waals surface area contributed by atoms with Crippen LogP contribution in [-0.4, -0.2) is 27.8 Å². The minimum atomic E-state index is -1.28. The van der Waals surface area contributed by atoms with E-state index in [0.717, 1.165) is 4.90 Å². The van der Waals surface area contributed by atoms with Gasteiger partial charge in [0, 0.05) is 15.7 Å². The van der Waals surface area contributed by atoms with Gasteiger partial charge in [-0.15, -0.1) is 11.8 Å². The quantitative estimate of drug-likeness (QED) is 0.814. The van der Waals surface area contributed by atoms with Crippen LogP contribution in [0, 0.1) is 0 Å². The molecule has 0 aliphatic carbocycles. The van der Waals surface area contributed by atoms with Gasteiger partial charge in [0.25, 0.3) is 5.91 Å². The average Bonchev–Trinajstić information content (AvgIpc) is 2.28. The number of nitrogens with one attached hydrogen (secondary N) is 1. The van der Waals surface area contributed by atoms with Crippen LogP contribution in [0.2, 0.25) is 0 Å². The van der Waals surface area contributed by atoms with Crippen molar-refractivity contribution < 1.29 is 14.7 Å². The van der Waals surface area contributed by atoms with E-state index in [-0.39, 0.29) is 5.91 Å². The number of thioether (sulfide) groups is 1. The lowest BCUT2D eigenvalue weighted by molar-refractivity contribution is -0.143. The summed E-state index contributed by atoms with van der Waals surface area (Å²) in [7, 11) is 0. The smallest absolute Gasteiger partial charge is 0.328 e. The van der Waals surface area contributed by atoms with E-state index in [2.05, 4.69) is 19.2 Å². The summed E-state index contributed by atoms with van der Waals surface area (Å²) in [5, 5.41) is 11.9. The van der Waals surface area contributed by atoms with E-state index in [4.69, 9.17) is 5.11 Å². The maximum atomic E-state index is 11.9. The third kappa shape index (κ3) is 4.59. The number of benzene rings is 1. The SMILES string of the molecule is CC(C)Sc1ccc(C(=O)NC(C)(C)C(=O)O)cc1. The lowest BCUT2D eigenvalue weighted by atomic mass is 10.1. The van der Waals surface area contributed by atoms with Crippen LogP contribution < -0.4 is 5.32 Å². The molecule has 0 aliphatic rings. The molecule has 0 saturated heterocycles. The predicted octanol–water partition coefficient (Wildman–Crippen LogP) is 2.78. The van der Waals surface area contributed by atoms with E-state index in [9.17, 15) is 9.59 Å². The Morgan fingerprint density at radius 2 is 1.74 bits per heavy atom. The second-order valence-corrected chi connectivity index (χ2v) is 6.73. The minimum absolute atomic E-state index is 0.381. The van der Waals surface area contributed by atoms with E-state index in [1.807, 2.05) is 12.1 Å². The topological polar surface area (TPSA) is 66.4 Å². The van der Waals surface area contributed by atoms with Crippen molar-refractivity contribution >= 4 is 23.6 Å². The Balaban J connectivity index is 2.76. The maximum Gasteiger partial charge on any atom is 0.328 e. The molecule has 0 radical (unpaired) electrons. The number of hydrogen-bond acceptors (Lipinski definition) is 3. The van der Waals surface area contributed by atoms with Crippen molar-refractivity contribution in [3.63, 3.8) is 0 Å². The van der Waals surface area contributed by atoms with Gasteiger partial charge in [-0.1, -0.05) is 13.8 Å². The molecule has 0 aliphatic heterocycles. The molecule has 0 bridgehead atoms. The van der Waals surface area contributed by atoms with Crippen molar-refractivity contribution in [2.75, 3.05) is 0 Å². The second-order valence-electron chi connectivity index (χ2n) is 5.08. The van der Waals surface area contributed by atoms with Crippen LogP contribution in [0.25, 0.3) is 0 Å². The summed E-state index contributed by atoms with van der Waals surface area (Å²) in [5.41, 5.74) is -0.815. The van der Waals surface area contributed by atoms with Crippen molar-refractivity contribution in [2.45, 2.75) is 43.4 Å². The summed E-state index contributed by atoms with van der Waals surface area (Å²) in [6.45, 7) is 7.10. The first kappa shape index (κ1) is 15.6. The highest BCUT2D eigenvalue weighted by Crippen LogP contribution is 2.23. The van der Waals surface area contributed by atoms with Gasteiger partial charge in [-0.25, -0.2) is 4.79 Å². The van der Waals surface area contributed by atoms with Gasteiger partial charge in [0.1, 0.15) is 5.54 Å². The second kappa shape index (κ2) is 6.10. The molecule has 1 rings (SSSR count). The molecule has 0 atom stereocenters. The fourth-order valence-corrected chi connectivity index (χ4v) is 2.20. The standard InChI is InChI=1S/C14H19NO3S/c1-9(2)19-11-7-5-10(6-8-11)12(16)15-14(3,4)13(17)18/h5-9H,1-4H3,(H,15,16)(H,17,18). The molecule has 0 saturated carbocycles. The molecule has 0 aromatic heterocycles. The van der Waals surface area contributed by atoms with E-state index < -0.39 is 11.5 Å². The molecule has 1 aromatic carbocycles. The number of carbonyl (C=O) groups is 2. The van der Waals surface area contributed by atoms with Gasteiger partial charge in [0.05, 0.1) is 0 Å². The van der Waals surface area contributed by atoms with Crippen molar-refractivity contribution in [1.82, 2.24) is 5.32 Å². The van der Waals surface area contributed by atoms with Gasteiger partial charge in [-0.2, -0.15) is 0 Å².